The maximum absolute atomic E-state index is 14.8. The molecule has 17 atom stereocenters. The van der Waals surface area contributed by atoms with Gasteiger partial charge in [0.15, 0.2) is 31.0 Å². The molecule has 9 unspecified atom stereocenters. The van der Waals surface area contributed by atoms with E-state index in [0.29, 0.717) is 0 Å². The maximum atomic E-state index is 14.8. The van der Waals surface area contributed by atoms with Crippen LogP contribution in [0.4, 0.5) is 4.39 Å². The summed E-state index contributed by atoms with van der Waals surface area (Å²) in [5.74, 6) is -0.374. The Labute approximate surface area is 229 Å². The first-order valence-electron chi connectivity index (χ1n) is 13.1. The molecule has 18 heteroatoms. The summed E-state index contributed by atoms with van der Waals surface area (Å²) < 4.78 is 44.0. The van der Waals surface area contributed by atoms with Crippen molar-refractivity contribution < 1.29 is 53.6 Å². The van der Waals surface area contributed by atoms with E-state index in [1.54, 1.807) is 0 Å². The molecular formula is C22H42FN7O10. The molecule has 1 aliphatic carbocycles. The Morgan fingerprint density at radius 2 is 1.57 bits per heavy atom. The molecular weight excluding hydrogens is 541 g/mol. The molecule has 0 amide bonds. The van der Waals surface area contributed by atoms with Crippen LogP contribution in [0.2, 0.25) is 0 Å². The van der Waals surface area contributed by atoms with Crippen molar-refractivity contribution in [2.45, 2.75) is 117 Å². The average molecular weight is 584 g/mol. The predicted molar refractivity (Wildman–Crippen MR) is 134 cm³/mol. The molecule has 3 saturated heterocycles. The molecule has 1 saturated carbocycles. The number of hydrogen-bond donors (Lipinski definition) is 11. The first kappa shape index (κ1) is 31.6. The third kappa shape index (κ3) is 6.20. The topological polar surface area (TPSA) is 302 Å². The Morgan fingerprint density at radius 1 is 0.875 bits per heavy atom. The highest BCUT2D eigenvalue weighted by atomic mass is 19.1. The van der Waals surface area contributed by atoms with Crippen LogP contribution in [0.15, 0.2) is 4.99 Å². The van der Waals surface area contributed by atoms with Gasteiger partial charge < -0.3 is 83.2 Å². The fourth-order valence-electron chi connectivity index (χ4n) is 5.70. The van der Waals surface area contributed by atoms with E-state index in [0.717, 1.165) is 0 Å². The number of aliphatic imine (C=N–C) groups is 1. The van der Waals surface area contributed by atoms with Gasteiger partial charge in [0.2, 0.25) is 0 Å². The van der Waals surface area contributed by atoms with Gasteiger partial charge >= 0.3 is 0 Å². The number of fused-ring (bicyclic) bond motifs is 1. The van der Waals surface area contributed by atoms with Crippen molar-refractivity contribution in [3.8, 4) is 0 Å². The summed E-state index contributed by atoms with van der Waals surface area (Å²) in [5.41, 5.74) is 28.8. The zero-order valence-electron chi connectivity index (χ0n) is 21.9. The van der Waals surface area contributed by atoms with Crippen molar-refractivity contribution >= 4 is 5.96 Å². The van der Waals surface area contributed by atoms with Crippen molar-refractivity contribution in [3.05, 3.63) is 0 Å². The van der Waals surface area contributed by atoms with Crippen molar-refractivity contribution in [2.24, 2.45) is 33.7 Å². The van der Waals surface area contributed by atoms with Crippen molar-refractivity contribution in [1.82, 2.24) is 5.32 Å². The molecule has 4 fully saturated rings. The van der Waals surface area contributed by atoms with Crippen LogP contribution in [0.3, 0.4) is 0 Å². The monoisotopic (exact) mass is 583 g/mol. The Morgan fingerprint density at radius 3 is 2.20 bits per heavy atom. The van der Waals surface area contributed by atoms with Gasteiger partial charge in [-0.3, -0.25) is 0 Å². The molecule has 0 radical (unpaired) electrons. The quantitative estimate of drug-likeness (QED) is 0.0980. The largest absolute Gasteiger partial charge is 0.394 e. The van der Waals surface area contributed by atoms with Gasteiger partial charge in [-0.05, 0) is 19.9 Å². The summed E-state index contributed by atoms with van der Waals surface area (Å²) in [5, 5.41) is 55.0. The second-order valence-electron chi connectivity index (χ2n) is 10.7. The van der Waals surface area contributed by atoms with E-state index >= 15 is 0 Å². The summed E-state index contributed by atoms with van der Waals surface area (Å²) in [6, 6.07) is -4.60. The number of aliphatic hydroxyl groups is 5. The van der Waals surface area contributed by atoms with Gasteiger partial charge in [0, 0.05) is 12.1 Å². The number of aliphatic hydroxyl groups excluding tert-OH is 5. The third-order valence-electron chi connectivity index (χ3n) is 7.90. The van der Waals surface area contributed by atoms with Crippen LogP contribution in [-0.4, -0.2) is 149 Å². The van der Waals surface area contributed by atoms with Crippen LogP contribution in [-0.2, 0) is 23.7 Å². The van der Waals surface area contributed by atoms with Crippen molar-refractivity contribution in [2.75, 3.05) is 13.7 Å². The molecule has 4 aliphatic rings. The van der Waals surface area contributed by atoms with E-state index in [2.05, 4.69) is 10.3 Å². The first-order valence-corrected chi connectivity index (χ1v) is 13.1. The number of rotatable bonds is 7. The summed E-state index contributed by atoms with van der Waals surface area (Å²) in [4.78, 5) is 3.82. The summed E-state index contributed by atoms with van der Waals surface area (Å²) in [6.07, 6.45) is -15.7. The predicted octanol–water partition coefficient (Wildman–Crippen LogP) is -6.66. The van der Waals surface area contributed by atoms with Crippen LogP contribution in [0.1, 0.15) is 12.8 Å². The lowest BCUT2D eigenvalue weighted by Gasteiger charge is -2.51. The minimum absolute atomic E-state index is 0.0895. The maximum Gasteiger partial charge on any atom is 0.189 e. The highest BCUT2D eigenvalue weighted by Gasteiger charge is 2.54. The Bertz CT molecular complexity index is 876. The smallest absolute Gasteiger partial charge is 0.189 e. The molecule has 40 heavy (non-hydrogen) atoms. The van der Waals surface area contributed by atoms with Gasteiger partial charge in [-0.15, -0.1) is 0 Å². The number of alkyl halides is 1. The lowest BCUT2D eigenvalue weighted by Crippen LogP contribution is -2.70. The van der Waals surface area contributed by atoms with E-state index in [4.69, 9.17) is 52.4 Å². The van der Waals surface area contributed by atoms with Gasteiger partial charge in [0.1, 0.15) is 48.8 Å². The molecule has 232 valence electrons. The molecule has 0 aromatic carbocycles. The van der Waals surface area contributed by atoms with E-state index in [9.17, 15) is 29.9 Å². The van der Waals surface area contributed by atoms with Gasteiger partial charge in [-0.1, -0.05) is 0 Å². The highest BCUT2D eigenvalue weighted by Crippen LogP contribution is 2.36. The fourth-order valence-corrected chi connectivity index (χ4v) is 5.70. The average Bonchev–Trinajstić information content (AvgIpc) is 2.90. The molecule has 16 N–H and O–H groups in total. The molecule has 3 heterocycles. The molecule has 0 aromatic heterocycles. The first-order chi connectivity index (χ1) is 18.9. The van der Waals surface area contributed by atoms with Gasteiger partial charge in [-0.25, -0.2) is 9.38 Å². The zero-order valence-corrected chi connectivity index (χ0v) is 21.9. The van der Waals surface area contributed by atoms with E-state index in [1.165, 1.54) is 7.05 Å². The van der Waals surface area contributed by atoms with E-state index < -0.39 is 111 Å². The normalized spacial score (nSPS) is 51.6. The Kier molecular flexibility index (Phi) is 10.2. The standard InChI is InChI=1S/C22H42FN7O10/c1-29-12-15(34)18-8(3-7(26)19(39-18)38-17-6(25)2-5(24)13(32)10(17)23)36-20(12)40-21-16(35)14(33)11(30-22(27)28)9(4-31)37-21/h5-21,29,31-35H,2-4,24-26H2,1H3,(H4,27,28,30)/t5-,6?,7?,8+,9?,10-,11-,12?,13?,14+,15?,16?,17-,18?,19+,20?,21-/m1/s1. The number of halogens is 1. The number of nitrogens with zero attached hydrogens (tertiary/aromatic N) is 1. The van der Waals surface area contributed by atoms with Gasteiger partial charge in [-0.2, -0.15) is 0 Å². The number of nitrogens with two attached hydrogens (primary N) is 5. The molecule has 17 nitrogen and oxygen atoms in total. The summed E-state index contributed by atoms with van der Waals surface area (Å²) in [6.45, 7) is -0.600. The lowest BCUT2D eigenvalue weighted by molar-refractivity contribution is -0.372. The van der Waals surface area contributed by atoms with Crippen LogP contribution in [0, 0.1) is 0 Å². The lowest BCUT2D eigenvalue weighted by atomic mass is 9.85. The molecule has 3 aliphatic heterocycles. The highest BCUT2D eigenvalue weighted by molar-refractivity contribution is 5.76. The minimum Gasteiger partial charge on any atom is -0.394 e. The number of likely N-dealkylation sites (N-methyl/N-ethyl adjacent to an activating group) is 1. The van der Waals surface area contributed by atoms with Gasteiger partial charge in [0.05, 0.1) is 24.8 Å². The molecule has 0 spiro atoms. The fraction of sp³-hybridized carbons (Fsp3) is 0.955. The van der Waals surface area contributed by atoms with Crippen molar-refractivity contribution in [1.29, 1.82) is 0 Å². The number of guanidine groups is 1. The van der Waals surface area contributed by atoms with Crippen LogP contribution in [0.5, 0.6) is 0 Å². The Hall–Kier alpha value is -1.36. The van der Waals surface area contributed by atoms with E-state index in [-0.39, 0.29) is 18.8 Å². The SMILES string of the molecule is CNC1C(O[C@H]2OC(CO)[C@@H](N=C(N)N)[C@H](O)C2O)O[C@H]2CC(N)[C@@H](O[C@@H]3C(N)C[C@@H](N)C(O)[C@H]3F)OC2C1O. The van der Waals surface area contributed by atoms with Crippen molar-refractivity contribution in [3.63, 3.8) is 0 Å². The van der Waals surface area contributed by atoms with Crippen LogP contribution >= 0.6 is 0 Å². The Balaban J connectivity index is 1.44. The second-order valence-corrected chi connectivity index (χ2v) is 10.7. The van der Waals surface area contributed by atoms with Gasteiger partial charge in [0.25, 0.3) is 0 Å². The molecule has 0 aromatic rings. The van der Waals surface area contributed by atoms with Crippen LogP contribution in [0.25, 0.3) is 0 Å². The number of hydrogen-bond acceptors (Lipinski definition) is 15. The second kappa shape index (κ2) is 12.9. The van der Waals surface area contributed by atoms with E-state index in [1.807, 2.05) is 0 Å². The summed E-state index contributed by atoms with van der Waals surface area (Å²) in [7, 11) is 1.52. The minimum atomic E-state index is -1.87. The summed E-state index contributed by atoms with van der Waals surface area (Å²) >= 11 is 0. The number of ether oxygens (including phenoxy) is 5. The number of nitrogens with one attached hydrogen (secondary N) is 1. The molecule has 4 rings (SSSR count). The third-order valence-corrected chi connectivity index (χ3v) is 7.90. The molecule has 0 bridgehead atoms. The van der Waals surface area contributed by atoms with Crippen LogP contribution < -0.4 is 34.0 Å². The zero-order chi connectivity index (χ0) is 29.5.